The summed E-state index contributed by atoms with van der Waals surface area (Å²) in [5.74, 6) is -0.816. The smallest absolute Gasteiger partial charge is 0.246 e. The van der Waals surface area contributed by atoms with Crippen LogP contribution in [0.2, 0.25) is 0 Å². The third-order valence-electron chi connectivity index (χ3n) is 2.57. The van der Waals surface area contributed by atoms with Crippen molar-refractivity contribution < 1.29 is 14.4 Å². The lowest BCUT2D eigenvalue weighted by atomic mass is 10.1. The number of amides is 2. The Morgan fingerprint density at radius 3 is 2.50 bits per heavy atom. The van der Waals surface area contributed by atoms with E-state index in [-0.39, 0.29) is 18.7 Å². The number of nitrogens with one attached hydrogen (secondary N) is 1. The van der Waals surface area contributed by atoms with Gasteiger partial charge in [-0.1, -0.05) is 0 Å². The molecule has 1 aliphatic heterocycles. The monoisotopic (exact) mass is 243 g/mol. The summed E-state index contributed by atoms with van der Waals surface area (Å²) in [4.78, 5) is 34.7. The number of rotatable bonds is 2. The van der Waals surface area contributed by atoms with E-state index in [1.165, 1.54) is 11.0 Å². The lowest BCUT2D eigenvalue weighted by Gasteiger charge is -2.28. The van der Waals surface area contributed by atoms with Gasteiger partial charge in [0, 0.05) is 5.56 Å². The normalized spacial score (nSPS) is 14.9. The molecule has 0 bridgehead atoms. The molecule has 1 aliphatic rings. The minimum atomic E-state index is -0.408. The van der Waals surface area contributed by atoms with E-state index in [1.807, 2.05) is 6.07 Å². The number of hydrogen-bond acceptors (Lipinski definition) is 5. The fraction of sp³-hybridized carbons (Fsp3) is 0.167. The van der Waals surface area contributed by atoms with E-state index in [4.69, 9.17) is 5.26 Å². The third-order valence-corrected chi connectivity index (χ3v) is 2.57. The predicted molar refractivity (Wildman–Crippen MR) is 61.9 cm³/mol. The van der Waals surface area contributed by atoms with Crippen molar-refractivity contribution in [1.29, 1.82) is 5.26 Å². The van der Waals surface area contributed by atoms with E-state index in [9.17, 15) is 14.4 Å². The maximum absolute atomic E-state index is 11.3. The molecule has 1 aromatic carbocycles. The highest BCUT2D eigenvalue weighted by Gasteiger charge is 2.24. The molecule has 90 valence electrons. The Balaban J connectivity index is 2.38. The molecule has 2 amide bonds. The zero-order valence-electron chi connectivity index (χ0n) is 9.34. The summed E-state index contributed by atoms with van der Waals surface area (Å²) >= 11 is 0. The first-order chi connectivity index (χ1) is 8.63. The van der Waals surface area contributed by atoms with Crippen LogP contribution in [0, 0.1) is 11.3 Å². The second kappa shape index (κ2) is 4.67. The highest BCUT2D eigenvalue weighted by Crippen LogP contribution is 2.21. The quantitative estimate of drug-likeness (QED) is 0.575. The van der Waals surface area contributed by atoms with Crippen molar-refractivity contribution in [1.82, 2.24) is 5.32 Å². The van der Waals surface area contributed by atoms with Crippen LogP contribution >= 0.6 is 0 Å². The molecular weight excluding hydrogens is 234 g/mol. The standard InChI is InChI=1S/C12H9N3O3/c13-4-9-3-8(7-16)1-2-10(9)15-5-11(17)14-12(18)6-15/h1-3,7H,5-6H2,(H,14,17,18). The minimum Gasteiger partial charge on any atom is -0.352 e. The second-order valence-electron chi connectivity index (χ2n) is 3.83. The number of carbonyl (C=O) groups excluding carboxylic acids is 3. The fourth-order valence-corrected chi connectivity index (χ4v) is 1.80. The summed E-state index contributed by atoms with van der Waals surface area (Å²) in [7, 11) is 0. The largest absolute Gasteiger partial charge is 0.352 e. The average molecular weight is 243 g/mol. The van der Waals surface area contributed by atoms with Gasteiger partial charge in [0.05, 0.1) is 24.3 Å². The number of piperazine rings is 1. The molecule has 0 atom stereocenters. The highest BCUT2D eigenvalue weighted by molar-refractivity contribution is 6.03. The SMILES string of the molecule is N#Cc1cc(C=O)ccc1N1CC(=O)NC(=O)C1. The minimum absolute atomic E-state index is 0.0147. The van der Waals surface area contributed by atoms with Gasteiger partial charge in [0.2, 0.25) is 11.8 Å². The van der Waals surface area contributed by atoms with Gasteiger partial charge in [-0.3, -0.25) is 19.7 Å². The maximum atomic E-state index is 11.3. The van der Waals surface area contributed by atoms with Crippen molar-refractivity contribution in [2.24, 2.45) is 0 Å². The van der Waals surface area contributed by atoms with E-state index in [1.54, 1.807) is 12.1 Å². The van der Waals surface area contributed by atoms with Crippen LogP contribution in [0.3, 0.4) is 0 Å². The summed E-state index contributed by atoms with van der Waals surface area (Å²) in [5, 5.41) is 11.2. The summed E-state index contributed by atoms with van der Waals surface area (Å²) in [6.45, 7) is 0.0295. The summed E-state index contributed by atoms with van der Waals surface area (Å²) < 4.78 is 0. The van der Waals surface area contributed by atoms with Gasteiger partial charge in [-0.15, -0.1) is 0 Å². The molecule has 1 aromatic rings. The molecule has 1 heterocycles. The highest BCUT2D eigenvalue weighted by atomic mass is 16.2. The van der Waals surface area contributed by atoms with Crippen molar-refractivity contribution in [3.8, 4) is 6.07 Å². The Morgan fingerprint density at radius 1 is 1.28 bits per heavy atom. The zero-order chi connectivity index (χ0) is 13.1. The van der Waals surface area contributed by atoms with Gasteiger partial charge in [0.15, 0.2) is 0 Å². The lowest BCUT2D eigenvalue weighted by Crippen LogP contribution is -2.51. The summed E-state index contributed by atoms with van der Waals surface area (Å²) in [6, 6.07) is 6.49. The summed E-state index contributed by atoms with van der Waals surface area (Å²) in [5.41, 5.74) is 1.12. The molecule has 0 aromatic heterocycles. The maximum Gasteiger partial charge on any atom is 0.246 e. The van der Waals surface area contributed by atoms with Crippen molar-refractivity contribution in [2.45, 2.75) is 0 Å². The van der Waals surface area contributed by atoms with Gasteiger partial charge >= 0.3 is 0 Å². The van der Waals surface area contributed by atoms with Crippen molar-refractivity contribution in [2.75, 3.05) is 18.0 Å². The van der Waals surface area contributed by atoms with Crippen LogP contribution in [0.4, 0.5) is 5.69 Å². The van der Waals surface area contributed by atoms with Gasteiger partial charge in [-0.25, -0.2) is 0 Å². The van der Waals surface area contributed by atoms with Gasteiger partial charge in [-0.2, -0.15) is 5.26 Å². The van der Waals surface area contributed by atoms with E-state index in [0.29, 0.717) is 17.5 Å². The number of nitriles is 1. The molecule has 1 fully saturated rings. The van der Waals surface area contributed by atoms with Gasteiger partial charge in [0.1, 0.15) is 12.4 Å². The number of benzene rings is 1. The number of imide groups is 1. The van der Waals surface area contributed by atoms with Crippen LogP contribution in [0.5, 0.6) is 0 Å². The van der Waals surface area contributed by atoms with Gasteiger partial charge < -0.3 is 4.90 Å². The van der Waals surface area contributed by atoms with Crippen molar-refractivity contribution in [3.63, 3.8) is 0 Å². The molecule has 1 N–H and O–H groups in total. The third kappa shape index (κ3) is 2.20. The van der Waals surface area contributed by atoms with E-state index < -0.39 is 11.8 Å². The zero-order valence-corrected chi connectivity index (χ0v) is 9.34. The van der Waals surface area contributed by atoms with E-state index >= 15 is 0 Å². The first-order valence-electron chi connectivity index (χ1n) is 5.21. The van der Waals surface area contributed by atoms with Crippen LogP contribution in [0.1, 0.15) is 15.9 Å². The molecule has 18 heavy (non-hydrogen) atoms. The molecule has 2 rings (SSSR count). The number of nitrogens with zero attached hydrogens (tertiary/aromatic N) is 2. The number of hydrogen-bond donors (Lipinski definition) is 1. The van der Waals surface area contributed by atoms with Crippen LogP contribution in [-0.2, 0) is 9.59 Å². The second-order valence-corrected chi connectivity index (χ2v) is 3.83. The first-order valence-corrected chi connectivity index (χ1v) is 5.21. The lowest BCUT2D eigenvalue weighted by molar-refractivity contribution is -0.130. The number of aldehydes is 1. The Hall–Kier alpha value is -2.68. The molecule has 6 heteroatoms. The fourth-order valence-electron chi connectivity index (χ4n) is 1.80. The van der Waals surface area contributed by atoms with E-state index in [2.05, 4.69) is 5.32 Å². The Labute approximate surface area is 103 Å². The molecular formula is C12H9N3O3. The Kier molecular flexibility index (Phi) is 3.06. The molecule has 0 spiro atoms. The van der Waals surface area contributed by atoms with Gasteiger partial charge in [-0.05, 0) is 18.2 Å². The van der Waals surface area contributed by atoms with E-state index in [0.717, 1.165) is 0 Å². The average Bonchev–Trinajstić information content (AvgIpc) is 2.36. The van der Waals surface area contributed by atoms with Gasteiger partial charge in [0.25, 0.3) is 0 Å². The first kappa shape index (κ1) is 11.8. The molecule has 1 saturated heterocycles. The van der Waals surface area contributed by atoms with Crippen LogP contribution in [-0.4, -0.2) is 31.2 Å². The predicted octanol–water partition coefficient (Wildman–Crippen LogP) is -0.166. The number of carbonyl (C=O) groups is 3. The Morgan fingerprint density at radius 2 is 1.94 bits per heavy atom. The molecule has 0 aliphatic carbocycles. The van der Waals surface area contributed by atoms with Crippen LogP contribution < -0.4 is 10.2 Å². The molecule has 0 unspecified atom stereocenters. The number of anilines is 1. The topological polar surface area (TPSA) is 90.3 Å². The Bertz CT molecular complexity index is 558. The van der Waals surface area contributed by atoms with Crippen LogP contribution in [0.15, 0.2) is 18.2 Å². The summed E-state index contributed by atoms with van der Waals surface area (Å²) in [6.07, 6.45) is 0.638. The van der Waals surface area contributed by atoms with Crippen molar-refractivity contribution in [3.05, 3.63) is 29.3 Å². The van der Waals surface area contributed by atoms with Crippen LogP contribution in [0.25, 0.3) is 0 Å². The molecule has 0 saturated carbocycles. The molecule has 0 radical (unpaired) electrons. The molecule has 6 nitrogen and oxygen atoms in total. The van der Waals surface area contributed by atoms with Crippen molar-refractivity contribution >= 4 is 23.8 Å².